The summed E-state index contributed by atoms with van der Waals surface area (Å²) in [6.45, 7) is 6.09. The number of carboxylic acid groups (broad SMARTS) is 2. The van der Waals surface area contributed by atoms with Crippen molar-refractivity contribution in [3.05, 3.63) is 28.8 Å². The van der Waals surface area contributed by atoms with Crippen LogP contribution < -0.4 is 4.74 Å². The molecule has 2 aliphatic rings. The first-order valence-electron chi connectivity index (χ1n) is 9.06. The maximum atomic E-state index is 11.5. The number of rotatable bonds is 4. The predicted octanol–water partition coefficient (Wildman–Crippen LogP) is 2.89. The van der Waals surface area contributed by atoms with Crippen LogP contribution in [0.4, 0.5) is 0 Å². The second-order valence-electron chi connectivity index (χ2n) is 8.21. The summed E-state index contributed by atoms with van der Waals surface area (Å²) in [5, 5.41) is 29.0. The lowest BCUT2D eigenvalue weighted by atomic mass is 9.58. The van der Waals surface area contributed by atoms with Gasteiger partial charge in [0.05, 0.1) is 11.7 Å². The molecular weight excluding hydrogens is 336 g/mol. The number of hydrogen-bond donors (Lipinski definition) is 3. The number of ether oxygens (including phenoxy) is 1. The Morgan fingerprint density at radius 1 is 1.23 bits per heavy atom. The van der Waals surface area contributed by atoms with Crippen molar-refractivity contribution in [2.24, 2.45) is 11.3 Å². The van der Waals surface area contributed by atoms with Crippen molar-refractivity contribution in [3.8, 4) is 5.75 Å². The van der Waals surface area contributed by atoms with Crippen LogP contribution >= 0.6 is 0 Å². The predicted molar refractivity (Wildman–Crippen MR) is 94.6 cm³/mol. The van der Waals surface area contributed by atoms with Gasteiger partial charge in [-0.15, -0.1) is 0 Å². The first-order valence-corrected chi connectivity index (χ1v) is 9.06. The lowest BCUT2D eigenvalue weighted by molar-refractivity contribution is -0.156. The van der Waals surface area contributed by atoms with Gasteiger partial charge in [-0.2, -0.15) is 0 Å². The molecule has 3 N–H and O–H groups in total. The van der Waals surface area contributed by atoms with E-state index in [1.54, 1.807) is 6.07 Å². The molecule has 6 heteroatoms. The average Bonchev–Trinajstić information content (AvgIpc) is 2.96. The van der Waals surface area contributed by atoms with E-state index < -0.39 is 29.1 Å². The Bertz CT molecular complexity index is 753. The molecule has 1 heterocycles. The fourth-order valence-electron chi connectivity index (χ4n) is 4.62. The summed E-state index contributed by atoms with van der Waals surface area (Å²) in [7, 11) is 0. The Balaban J connectivity index is 2.07. The quantitative estimate of drug-likeness (QED) is 0.761. The minimum Gasteiger partial charge on any atom is -0.485 e. The number of aliphatic carboxylic acids is 1. The number of benzene rings is 1. The highest BCUT2D eigenvalue weighted by Gasteiger charge is 2.60. The number of aromatic carboxylic acids is 1. The monoisotopic (exact) mass is 362 g/mol. The van der Waals surface area contributed by atoms with Crippen molar-refractivity contribution in [2.75, 3.05) is 0 Å². The molecule has 142 valence electrons. The summed E-state index contributed by atoms with van der Waals surface area (Å²) in [6, 6.07) is 3.14. The molecule has 1 spiro atoms. The van der Waals surface area contributed by atoms with Gasteiger partial charge in [0.25, 0.3) is 0 Å². The lowest BCUT2D eigenvalue weighted by Crippen LogP contribution is -2.61. The lowest BCUT2D eigenvalue weighted by Gasteiger charge is -2.53. The van der Waals surface area contributed by atoms with Crippen molar-refractivity contribution in [1.29, 1.82) is 0 Å². The van der Waals surface area contributed by atoms with Crippen molar-refractivity contribution in [1.82, 2.24) is 0 Å². The third-order valence-corrected chi connectivity index (χ3v) is 6.43. The van der Waals surface area contributed by atoms with Gasteiger partial charge in [0.15, 0.2) is 0 Å². The standard InChI is InChI=1S/C20H26O6/c1-11-4-6-15(21)19(2,3)20(11)10-14-9-13(18(24)25)8-12(17(14)26-20)5-7-16(22)23/h8-9,11,15,21H,4-7,10H2,1-3H3,(H,22,23)(H,24,25)/t11-,15+,20+/m1/s1. The Labute approximate surface area is 152 Å². The van der Waals surface area contributed by atoms with Gasteiger partial charge in [-0.1, -0.05) is 20.8 Å². The maximum absolute atomic E-state index is 11.5. The van der Waals surface area contributed by atoms with Gasteiger partial charge >= 0.3 is 11.9 Å². The number of carbonyl (C=O) groups is 2. The minimum absolute atomic E-state index is 0.0898. The van der Waals surface area contributed by atoms with Crippen LogP contribution in [0.1, 0.15) is 61.5 Å². The van der Waals surface area contributed by atoms with E-state index >= 15 is 0 Å². The summed E-state index contributed by atoms with van der Waals surface area (Å²) in [4.78, 5) is 22.5. The second-order valence-corrected chi connectivity index (χ2v) is 8.21. The zero-order chi connectivity index (χ0) is 19.3. The van der Waals surface area contributed by atoms with E-state index in [2.05, 4.69) is 6.92 Å². The molecule has 0 saturated heterocycles. The van der Waals surface area contributed by atoms with E-state index in [4.69, 9.17) is 9.84 Å². The largest absolute Gasteiger partial charge is 0.485 e. The molecule has 3 atom stereocenters. The third-order valence-electron chi connectivity index (χ3n) is 6.43. The van der Waals surface area contributed by atoms with Crippen LogP contribution in [0.5, 0.6) is 5.75 Å². The number of carboxylic acids is 2. The van der Waals surface area contributed by atoms with E-state index in [1.165, 1.54) is 6.07 Å². The van der Waals surface area contributed by atoms with Gasteiger partial charge in [0, 0.05) is 18.3 Å². The highest BCUT2D eigenvalue weighted by molar-refractivity contribution is 5.88. The fourth-order valence-corrected chi connectivity index (χ4v) is 4.62. The first kappa shape index (κ1) is 18.7. The molecule has 1 fully saturated rings. The highest BCUT2D eigenvalue weighted by Crippen LogP contribution is 2.56. The Morgan fingerprint density at radius 3 is 2.54 bits per heavy atom. The molecule has 0 unspecified atom stereocenters. The SMILES string of the molecule is C[C@@H]1CC[C@H](O)C(C)(C)[C@]12Cc1cc(C(=O)O)cc(CCC(=O)O)c1O2. The second kappa shape index (κ2) is 6.27. The molecule has 1 saturated carbocycles. The van der Waals surface area contributed by atoms with Crippen LogP contribution in [0.2, 0.25) is 0 Å². The normalized spacial score (nSPS) is 29.2. The molecule has 1 aromatic carbocycles. The molecule has 0 amide bonds. The molecule has 26 heavy (non-hydrogen) atoms. The van der Waals surface area contributed by atoms with Crippen molar-refractivity contribution >= 4 is 11.9 Å². The van der Waals surface area contributed by atoms with E-state index in [-0.39, 0.29) is 24.3 Å². The zero-order valence-corrected chi connectivity index (χ0v) is 15.4. The van der Waals surface area contributed by atoms with E-state index in [9.17, 15) is 19.8 Å². The van der Waals surface area contributed by atoms with Crippen molar-refractivity contribution in [3.63, 3.8) is 0 Å². The van der Waals surface area contributed by atoms with Gasteiger partial charge in [0.1, 0.15) is 11.4 Å². The third kappa shape index (κ3) is 2.76. The summed E-state index contributed by atoms with van der Waals surface area (Å²) in [6.07, 6.45) is 1.68. The molecule has 0 bridgehead atoms. The topological polar surface area (TPSA) is 104 Å². The van der Waals surface area contributed by atoms with Crippen LogP contribution in [0.15, 0.2) is 12.1 Å². The first-order chi connectivity index (χ1) is 12.1. The molecule has 1 aromatic rings. The fraction of sp³-hybridized carbons (Fsp3) is 0.600. The number of aliphatic hydroxyl groups is 1. The number of aryl methyl sites for hydroxylation is 1. The molecule has 1 aliphatic carbocycles. The molecule has 1 aliphatic heterocycles. The van der Waals surface area contributed by atoms with Gasteiger partial charge in [0.2, 0.25) is 0 Å². The van der Waals surface area contributed by atoms with Crippen LogP contribution in [-0.2, 0) is 17.6 Å². The van der Waals surface area contributed by atoms with Gasteiger partial charge in [-0.05, 0) is 48.4 Å². The summed E-state index contributed by atoms with van der Waals surface area (Å²) in [5.41, 5.74) is 0.423. The number of aliphatic hydroxyl groups excluding tert-OH is 1. The molecule has 0 radical (unpaired) electrons. The van der Waals surface area contributed by atoms with Gasteiger partial charge in [-0.25, -0.2) is 4.79 Å². The summed E-state index contributed by atoms with van der Waals surface area (Å²) >= 11 is 0. The molecule has 6 nitrogen and oxygen atoms in total. The van der Waals surface area contributed by atoms with Crippen molar-refractivity contribution in [2.45, 2.75) is 64.6 Å². The summed E-state index contributed by atoms with van der Waals surface area (Å²) < 4.78 is 6.49. The van der Waals surface area contributed by atoms with Gasteiger partial charge < -0.3 is 20.1 Å². The average molecular weight is 362 g/mol. The maximum Gasteiger partial charge on any atom is 0.335 e. The molecule has 3 rings (SSSR count). The highest BCUT2D eigenvalue weighted by atomic mass is 16.5. The summed E-state index contributed by atoms with van der Waals surface area (Å²) in [5.74, 6) is -1.19. The zero-order valence-electron chi connectivity index (χ0n) is 15.4. The number of hydrogen-bond acceptors (Lipinski definition) is 4. The smallest absolute Gasteiger partial charge is 0.335 e. The van der Waals surface area contributed by atoms with E-state index in [0.29, 0.717) is 24.2 Å². The Hall–Kier alpha value is -2.08. The van der Waals surface area contributed by atoms with Gasteiger partial charge in [-0.3, -0.25) is 4.79 Å². The Kier molecular flexibility index (Phi) is 4.51. The van der Waals surface area contributed by atoms with Crippen LogP contribution in [0, 0.1) is 11.3 Å². The van der Waals surface area contributed by atoms with Crippen LogP contribution in [-0.4, -0.2) is 39.0 Å². The van der Waals surface area contributed by atoms with Crippen LogP contribution in [0.25, 0.3) is 0 Å². The minimum atomic E-state index is -1.04. The number of fused-ring (bicyclic) bond motifs is 1. The van der Waals surface area contributed by atoms with E-state index in [1.807, 2.05) is 13.8 Å². The molecular formula is C20H26O6. The van der Waals surface area contributed by atoms with Crippen molar-refractivity contribution < 1.29 is 29.6 Å². The Morgan fingerprint density at radius 2 is 1.92 bits per heavy atom. The molecule has 0 aromatic heterocycles. The van der Waals surface area contributed by atoms with Crippen LogP contribution in [0.3, 0.4) is 0 Å². The van der Waals surface area contributed by atoms with E-state index in [0.717, 1.165) is 12.0 Å².